The maximum absolute atomic E-state index is 13.7. The molecule has 21 heavy (non-hydrogen) atoms. The quantitative estimate of drug-likeness (QED) is 0.909. The summed E-state index contributed by atoms with van der Waals surface area (Å²) in [4.78, 5) is 11.4. The first-order chi connectivity index (χ1) is 9.88. The summed E-state index contributed by atoms with van der Waals surface area (Å²) in [5.41, 5.74) is -1.13. The highest BCUT2D eigenvalue weighted by molar-refractivity contribution is 5.76. The van der Waals surface area contributed by atoms with E-state index in [0.717, 1.165) is 16.8 Å². The number of aliphatic carboxylic acids is 1. The zero-order valence-corrected chi connectivity index (χ0v) is 11.5. The summed E-state index contributed by atoms with van der Waals surface area (Å²) in [6.45, 7) is 3.17. The van der Waals surface area contributed by atoms with Gasteiger partial charge in [0.1, 0.15) is 11.6 Å². The van der Waals surface area contributed by atoms with Gasteiger partial charge in [-0.2, -0.15) is 0 Å². The van der Waals surface area contributed by atoms with E-state index >= 15 is 0 Å². The van der Waals surface area contributed by atoms with E-state index in [2.05, 4.69) is 15.5 Å². The van der Waals surface area contributed by atoms with E-state index in [0.29, 0.717) is 0 Å². The van der Waals surface area contributed by atoms with Crippen molar-refractivity contribution in [3.05, 3.63) is 41.2 Å². The summed E-state index contributed by atoms with van der Waals surface area (Å²) in [7, 11) is 0. The molecule has 1 aromatic heterocycles. The Morgan fingerprint density at radius 2 is 2.14 bits per heavy atom. The Hall–Kier alpha value is -2.38. The molecule has 112 valence electrons. The highest BCUT2D eigenvalue weighted by atomic mass is 19.1. The Bertz CT molecular complexity index is 674. The van der Waals surface area contributed by atoms with Crippen LogP contribution >= 0.6 is 0 Å². The molecule has 0 aliphatic rings. The van der Waals surface area contributed by atoms with Gasteiger partial charge in [-0.15, -0.1) is 5.10 Å². The van der Waals surface area contributed by atoms with Gasteiger partial charge in [-0.25, -0.2) is 18.3 Å². The third-order valence-electron chi connectivity index (χ3n) is 3.51. The Balaban J connectivity index is 2.39. The van der Waals surface area contributed by atoms with Crippen LogP contribution in [0.15, 0.2) is 18.2 Å². The second kappa shape index (κ2) is 5.55. The second-order valence-electron chi connectivity index (χ2n) is 4.85. The van der Waals surface area contributed by atoms with E-state index in [1.807, 2.05) is 0 Å². The predicted molar refractivity (Wildman–Crippen MR) is 68.6 cm³/mol. The first-order valence-electron chi connectivity index (χ1n) is 6.33. The van der Waals surface area contributed by atoms with E-state index in [9.17, 15) is 18.7 Å². The van der Waals surface area contributed by atoms with Crippen LogP contribution in [0.3, 0.4) is 0 Å². The van der Waals surface area contributed by atoms with Gasteiger partial charge in [0.05, 0.1) is 0 Å². The highest BCUT2D eigenvalue weighted by Gasteiger charge is 2.37. The molecule has 1 aromatic carbocycles. The number of carboxylic acids is 1. The molecule has 0 bridgehead atoms. The van der Waals surface area contributed by atoms with E-state index in [1.54, 1.807) is 6.92 Å². The van der Waals surface area contributed by atoms with Gasteiger partial charge < -0.3 is 5.11 Å². The van der Waals surface area contributed by atoms with Gasteiger partial charge in [-0.1, -0.05) is 13.0 Å². The third-order valence-corrected chi connectivity index (χ3v) is 3.51. The Labute approximate surface area is 119 Å². The fourth-order valence-corrected chi connectivity index (χ4v) is 1.93. The molecule has 0 spiro atoms. The molecule has 1 N–H and O–H groups in total. The van der Waals surface area contributed by atoms with Gasteiger partial charge in [0.15, 0.2) is 11.4 Å². The molecule has 1 unspecified atom stereocenters. The van der Waals surface area contributed by atoms with Crippen molar-refractivity contribution < 1.29 is 18.7 Å². The van der Waals surface area contributed by atoms with Crippen molar-refractivity contribution in [2.24, 2.45) is 0 Å². The number of nitrogens with zero attached hydrogens (tertiary/aromatic N) is 4. The van der Waals surface area contributed by atoms with Crippen molar-refractivity contribution in [1.29, 1.82) is 0 Å². The number of hydrogen-bond donors (Lipinski definition) is 1. The smallest absolute Gasteiger partial charge is 0.331 e. The van der Waals surface area contributed by atoms with Crippen LogP contribution in [0.4, 0.5) is 8.78 Å². The number of rotatable bonds is 5. The minimum Gasteiger partial charge on any atom is -0.479 e. The lowest BCUT2D eigenvalue weighted by atomic mass is 9.99. The average molecular weight is 296 g/mol. The zero-order chi connectivity index (χ0) is 15.6. The maximum atomic E-state index is 13.7. The molecule has 0 radical (unpaired) electrons. The molecule has 6 nitrogen and oxygen atoms in total. The summed E-state index contributed by atoms with van der Waals surface area (Å²) >= 11 is 0. The maximum Gasteiger partial charge on any atom is 0.331 e. The fourth-order valence-electron chi connectivity index (χ4n) is 1.93. The predicted octanol–water partition coefficient (Wildman–Crippen LogP) is 1.75. The third kappa shape index (κ3) is 2.74. The van der Waals surface area contributed by atoms with Crippen LogP contribution in [0, 0.1) is 11.6 Å². The summed E-state index contributed by atoms with van der Waals surface area (Å²) < 4.78 is 27.7. The van der Waals surface area contributed by atoms with Crippen LogP contribution in [0.25, 0.3) is 0 Å². The number of carbonyl (C=O) groups is 1. The number of benzene rings is 1. The average Bonchev–Trinajstić information content (AvgIpc) is 2.89. The minimum atomic E-state index is -1.32. The van der Waals surface area contributed by atoms with Crippen molar-refractivity contribution in [2.75, 3.05) is 0 Å². The minimum absolute atomic E-state index is 0.0258. The van der Waals surface area contributed by atoms with Crippen molar-refractivity contribution in [2.45, 2.75) is 32.2 Å². The van der Waals surface area contributed by atoms with Crippen LogP contribution in [0.5, 0.6) is 0 Å². The molecule has 1 heterocycles. The molecule has 0 aliphatic heterocycles. The van der Waals surface area contributed by atoms with Gasteiger partial charge in [0.2, 0.25) is 0 Å². The Kier molecular flexibility index (Phi) is 3.97. The number of carboxylic acid groups (broad SMARTS) is 1. The second-order valence-corrected chi connectivity index (χ2v) is 4.85. The SMILES string of the molecule is CCC(C)(C(=O)O)n1nnnc1Cc1ccc(F)cc1F. The van der Waals surface area contributed by atoms with Gasteiger partial charge >= 0.3 is 5.97 Å². The molecule has 0 fully saturated rings. The Morgan fingerprint density at radius 3 is 2.71 bits per heavy atom. The summed E-state index contributed by atoms with van der Waals surface area (Å²) in [6, 6.07) is 3.18. The lowest BCUT2D eigenvalue weighted by Crippen LogP contribution is -2.40. The van der Waals surface area contributed by atoms with Crippen LogP contribution in [-0.2, 0) is 16.8 Å². The Morgan fingerprint density at radius 1 is 1.43 bits per heavy atom. The van der Waals surface area contributed by atoms with Crippen LogP contribution in [-0.4, -0.2) is 31.3 Å². The van der Waals surface area contributed by atoms with Crippen LogP contribution < -0.4 is 0 Å². The number of halogens is 2. The molecule has 0 saturated carbocycles. The standard InChI is InChI=1S/C13H14F2N4O2/c1-3-13(2,12(20)21)19-11(16-17-18-19)6-8-4-5-9(14)7-10(8)15/h4-5,7H,3,6H2,1-2H3,(H,20,21). The monoisotopic (exact) mass is 296 g/mol. The fraction of sp³-hybridized carbons (Fsp3) is 0.385. The molecule has 2 aromatic rings. The number of hydrogen-bond acceptors (Lipinski definition) is 4. The topological polar surface area (TPSA) is 80.9 Å². The van der Waals surface area contributed by atoms with Gasteiger partial charge in [0.25, 0.3) is 0 Å². The van der Waals surface area contributed by atoms with Crippen molar-refractivity contribution in [3.63, 3.8) is 0 Å². The molecule has 2 rings (SSSR count). The largest absolute Gasteiger partial charge is 0.479 e. The van der Waals surface area contributed by atoms with E-state index in [4.69, 9.17) is 0 Å². The lowest BCUT2D eigenvalue weighted by Gasteiger charge is -2.24. The van der Waals surface area contributed by atoms with Crippen LogP contribution in [0.1, 0.15) is 31.7 Å². The van der Waals surface area contributed by atoms with E-state index in [-0.39, 0.29) is 24.2 Å². The summed E-state index contributed by atoms with van der Waals surface area (Å²) in [5.74, 6) is -2.29. The van der Waals surface area contributed by atoms with Gasteiger partial charge in [-0.05, 0) is 35.4 Å². The lowest BCUT2D eigenvalue weighted by molar-refractivity contribution is -0.147. The number of aromatic nitrogens is 4. The molecule has 0 saturated heterocycles. The van der Waals surface area contributed by atoms with Gasteiger partial charge in [0, 0.05) is 12.5 Å². The molecular formula is C13H14F2N4O2. The molecule has 0 aliphatic carbocycles. The van der Waals surface area contributed by atoms with Crippen molar-refractivity contribution in [1.82, 2.24) is 20.2 Å². The van der Waals surface area contributed by atoms with Crippen LogP contribution in [0.2, 0.25) is 0 Å². The molecule has 8 heteroatoms. The van der Waals surface area contributed by atoms with Crippen molar-refractivity contribution in [3.8, 4) is 0 Å². The summed E-state index contributed by atoms with van der Waals surface area (Å²) in [5, 5.41) is 20.3. The summed E-state index contributed by atoms with van der Waals surface area (Å²) in [6.07, 6.45) is 0.230. The van der Waals surface area contributed by atoms with Gasteiger partial charge in [-0.3, -0.25) is 0 Å². The number of tetrazole rings is 1. The normalized spacial score (nSPS) is 13.9. The zero-order valence-electron chi connectivity index (χ0n) is 11.5. The van der Waals surface area contributed by atoms with Crippen molar-refractivity contribution >= 4 is 5.97 Å². The first kappa shape index (κ1) is 15.0. The highest BCUT2D eigenvalue weighted by Crippen LogP contribution is 2.22. The van der Waals surface area contributed by atoms with E-state index in [1.165, 1.54) is 13.0 Å². The van der Waals surface area contributed by atoms with E-state index < -0.39 is 23.1 Å². The first-order valence-corrected chi connectivity index (χ1v) is 6.33. The molecule has 0 amide bonds. The molecule has 1 atom stereocenters. The molecular weight excluding hydrogens is 282 g/mol.